The molecule has 2 unspecified atom stereocenters. The Balaban J connectivity index is 2.03. The van der Waals surface area contributed by atoms with Gasteiger partial charge in [-0.15, -0.1) is 11.3 Å². The number of aliphatic hydroxyl groups is 1. The molecule has 1 aromatic heterocycles. The number of hydrogen-bond donors (Lipinski definition) is 3. The second-order valence-corrected chi connectivity index (χ2v) is 10.8. The highest BCUT2D eigenvalue weighted by molar-refractivity contribution is 7.13. The minimum absolute atomic E-state index is 0.0987. The average Bonchev–Trinajstić information content (AvgIpc) is 3.14. The fraction of sp³-hybridized carbons (Fsp3) is 0.560. The van der Waals surface area contributed by atoms with Crippen molar-refractivity contribution >= 4 is 23.2 Å². The summed E-state index contributed by atoms with van der Waals surface area (Å²) in [5.74, 6) is -0.444. The van der Waals surface area contributed by atoms with Crippen LogP contribution in [0.2, 0.25) is 0 Å². The molecule has 182 valence electrons. The smallest absolute Gasteiger partial charge is 0.240 e. The van der Waals surface area contributed by atoms with E-state index in [4.69, 9.17) is 0 Å². The standard InChI is InChI=1S/C25H38N4O3S/c1-16(2)28-23(25(5,6)7)24(32)29(13-17(3)30)14-21(31)26-12-19-8-10-20(11-9-19)22-18(4)27-15-33-22/h8-11,15-17,23,28,30H,12-14H2,1-7H3,(H,26,31). The number of thiazole rings is 1. The van der Waals surface area contributed by atoms with Gasteiger partial charge in [-0.3, -0.25) is 9.59 Å². The van der Waals surface area contributed by atoms with Crippen LogP contribution in [-0.4, -0.2) is 58.1 Å². The summed E-state index contributed by atoms with van der Waals surface area (Å²) in [4.78, 5) is 32.9. The van der Waals surface area contributed by atoms with Gasteiger partial charge in [-0.2, -0.15) is 0 Å². The minimum atomic E-state index is -0.732. The Kier molecular flexibility index (Phi) is 9.57. The summed E-state index contributed by atoms with van der Waals surface area (Å²) in [6.45, 7) is 13.9. The van der Waals surface area contributed by atoms with Gasteiger partial charge in [-0.1, -0.05) is 58.9 Å². The van der Waals surface area contributed by atoms with E-state index in [2.05, 4.69) is 15.6 Å². The van der Waals surface area contributed by atoms with Gasteiger partial charge in [0.1, 0.15) is 0 Å². The van der Waals surface area contributed by atoms with Crippen molar-refractivity contribution in [2.24, 2.45) is 5.41 Å². The fourth-order valence-corrected chi connectivity index (χ4v) is 4.35. The van der Waals surface area contributed by atoms with E-state index in [0.717, 1.165) is 21.7 Å². The van der Waals surface area contributed by atoms with E-state index in [1.54, 1.807) is 18.3 Å². The summed E-state index contributed by atoms with van der Waals surface area (Å²) in [5.41, 5.74) is 4.57. The highest BCUT2D eigenvalue weighted by Gasteiger charge is 2.35. The fourth-order valence-electron chi connectivity index (χ4n) is 3.54. The molecular formula is C25H38N4O3S. The van der Waals surface area contributed by atoms with Crippen LogP contribution in [0.4, 0.5) is 0 Å². The molecule has 2 atom stereocenters. The van der Waals surface area contributed by atoms with Crippen molar-refractivity contribution in [3.05, 3.63) is 41.0 Å². The van der Waals surface area contributed by atoms with E-state index in [-0.39, 0.29) is 36.4 Å². The molecule has 0 radical (unpaired) electrons. The van der Waals surface area contributed by atoms with Crippen molar-refractivity contribution in [3.8, 4) is 10.4 Å². The Morgan fingerprint density at radius 2 is 1.79 bits per heavy atom. The predicted octanol–water partition coefficient (Wildman–Crippen LogP) is 3.36. The zero-order valence-corrected chi connectivity index (χ0v) is 21.6. The van der Waals surface area contributed by atoms with E-state index in [9.17, 15) is 14.7 Å². The van der Waals surface area contributed by atoms with Gasteiger partial charge in [-0.05, 0) is 30.4 Å². The van der Waals surface area contributed by atoms with Crippen molar-refractivity contribution in [3.63, 3.8) is 0 Å². The minimum Gasteiger partial charge on any atom is -0.392 e. The Bertz CT molecular complexity index is 916. The molecule has 0 saturated carbocycles. The molecule has 0 spiro atoms. The van der Waals surface area contributed by atoms with Crippen molar-refractivity contribution in [2.45, 2.75) is 73.2 Å². The van der Waals surface area contributed by atoms with E-state index in [1.807, 2.05) is 71.3 Å². The topological polar surface area (TPSA) is 94.6 Å². The summed E-state index contributed by atoms with van der Waals surface area (Å²) < 4.78 is 0. The Labute approximate surface area is 201 Å². The van der Waals surface area contributed by atoms with Crippen LogP contribution in [-0.2, 0) is 16.1 Å². The normalized spacial score (nSPS) is 13.6. The molecule has 0 aliphatic rings. The van der Waals surface area contributed by atoms with Crippen molar-refractivity contribution in [2.75, 3.05) is 13.1 Å². The molecule has 33 heavy (non-hydrogen) atoms. The van der Waals surface area contributed by atoms with Crippen molar-refractivity contribution in [1.82, 2.24) is 20.5 Å². The van der Waals surface area contributed by atoms with Crippen LogP contribution in [0.3, 0.4) is 0 Å². The largest absolute Gasteiger partial charge is 0.392 e. The zero-order chi connectivity index (χ0) is 24.8. The van der Waals surface area contributed by atoms with E-state index >= 15 is 0 Å². The number of amides is 2. The number of aromatic nitrogens is 1. The Morgan fingerprint density at radius 3 is 2.27 bits per heavy atom. The van der Waals surface area contributed by atoms with Crippen molar-refractivity contribution < 1.29 is 14.7 Å². The number of carbonyl (C=O) groups excluding carboxylic acids is 2. The van der Waals surface area contributed by atoms with Gasteiger partial charge >= 0.3 is 0 Å². The molecule has 0 aliphatic heterocycles. The van der Waals surface area contributed by atoms with Gasteiger partial charge in [-0.25, -0.2) is 4.98 Å². The number of benzene rings is 1. The second kappa shape index (κ2) is 11.7. The molecule has 0 fully saturated rings. The third kappa shape index (κ3) is 8.21. The van der Waals surface area contributed by atoms with Crippen LogP contribution in [0.25, 0.3) is 10.4 Å². The monoisotopic (exact) mass is 474 g/mol. The lowest BCUT2D eigenvalue weighted by atomic mass is 9.85. The lowest BCUT2D eigenvalue weighted by Crippen LogP contribution is -2.57. The van der Waals surface area contributed by atoms with Gasteiger partial charge in [0.25, 0.3) is 0 Å². The number of nitrogens with zero attached hydrogens (tertiary/aromatic N) is 2. The molecule has 0 saturated heterocycles. The highest BCUT2D eigenvalue weighted by atomic mass is 32.1. The first-order chi connectivity index (χ1) is 15.4. The number of nitrogens with one attached hydrogen (secondary N) is 2. The number of carbonyl (C=O) groups is 2. The maximum atomic E-state index is 13.3. The molecule has 3 N–H and O–H groups in total. The first kappa shape index (κ1) is 27.0. The molecule has 2 amide bonds. The first-order valence-electron chi connectivity index (χ1n) is 11.4. The van der Waals surface area contributed by atoms with Gasteiger partial charge in [0.2, 0.25) is 11.8 Å². The highest BCUT2D eigenvalue weighted by Crippen LogP contribution is 2.27. The molecule has 8 heteroatoms. The number of rotatable bonds is 10. The second-order valence-electron chi connectivity index (χ2n) is 9.93. The number of hydrogen-bond acceptors (Lipinski definition) is 6. The maximum Gasteiger partial charge on any atom is 0.240 e. The summed E-state index contributed by atoms with van der Waals surface area (Å²) in [6, 6.07) is 7.66. The van der Waals surface area contributed by atoms with Crippen LogP contribution in [0, 0.1) is 12.3 Å². The Morgan fingerprint density at radius 1 is 1.15 bits per heavy atom. The first-order valence-corrected chi connectivity index (χ1v) is 12.3. The van der Waals surface area contributed by atoms with Crippen LogP contribution < -0.4 is 10.6 Å². The molecule has 7 nitrogen and oxygen atoms in total. The van der Waals surface area contributed by atoms with Crippen LogP contribution in [0.15, 0.2) is 29.8 Å². The average molecular weight is 475 g/mol. The summed E-state index contributed by atoms with van der Waals surface area (Å²) in [7, 11) is 0. The van der Waals surface area contributed by atoms with Gasteiger partial charge in [0.05, 0.1) is 34.8 Å². The summed E-state index contributed by atoms with van der Waals surface area (Å²) in [6.07, 6.45) is -0.732. The molecular weight excluding hydrogens is 436 g/mol. The summed E-state index contributed by atoms with van der Waals surface area (Å²) in [5, 5.41) is 16.1. The molecule has 1 heterocycles. The van der Waals surface area contributed by atoms with Gasteiger partial charge < -0.3 is 20.6 Å². The Hall–Kier alpha value is -2.29. The molecule has 0 aliphatic carbocycles. The summed E-state index contributed by atoms with van der Waals surface area (Å²) >= 11 is 1.60. The molecule has 2 rings (SSSR count). The molecule has 0 bridgehead atoms. The number of aryl methyl sites for hydroxylation is 1. The maximum absolute atomic E-state index is 13.3. The lowest BCUT2D eigenvalue weighted by Gasteiger charge is -2.36. The van der Waals surface area contributed by atoms with Crippen LogP contribution in [0.1, 0.15) is 52.8 Å². The van der Waals surface area contributed by atoms with Gasteiger partial charge in [0.15, 0.2) is 0 Å². The van der Waals surface area contributed by atoms with Crippen LogP contribution >= 0.6 is 11.3 Å². The van der Waals surface area contributed by atoms with E-state index in [0.29, 0.717) is 6.54 Å². The predicted molar refractivity (Wildman–Crippen MR) is 134 cm³/mol. The third-order valence-corrected chi connectivity index (χ3v) is 6.17. The van der Waals surface area contributed by atoms with Gasteiger partial charge in [0, 0.05) is 19.1 Å². The van der Waals surface area contributed by atoms with Crippen molar-refractivity contribution in [1.29, 1.82) is 0 Å². The zero-order valence-electron chi connectivity index (χ0n) is 20.8. The lowest BCUT2D eigenvalue weighted by molar-refractivity contribution is -0.141. The van der Waals surface area contributed by atoms with E-state index < -0.39 is 12.1 Å². The SMILES string of the molecule is Cc1ncsc1-c1ccc(CNC(=O)CN(CC(C)O)C(=O)C(NC(C)C)C(C)(C)C)cc1. The van der Waals surface area contributed by atoms with E-state index in [1.165, 1.54) is 4.90 Å². The molecule has 1 aromatic carbocycles. The quantitative estimate of drug-likeness (QED) is 0.491. The number of aliphatic hydroxyl groups excluding tert-OH is 1. The molecule has 2 aromatic rings. The third-order valence-electron chi connectivity index (χ3n) is 5.20. The van der Waals surface area contributed by atoms with Crippen LogP contribution in [0.5, 0.6) is 0 Å².